The molecule has 62 heavy (non-hydrogen) atoms. The predicted octanol–water partition coefficient (Wildman–Crippen LogP) is -6.28. The zero-order chi connectivity index (χ0) is 46.7. The molecular weight excluding hydrogens is 838 g/mol. The van der Waals surface area contributed by atoms with Crippen LogP contribution in [0.2, 0.25) is 0 Å². The molecule has 18 atom stereocenters. The van der Waals surface area contributed by atoms with Gasteiger partial charge in [-0.2, -0.15) is 0 Å². The molecule has 0 unspecified atom stereocenters. The lowest BCUT2D eigenvalue weighted by Crippen LogP contribution is -2.71. The Bertz CT molecular complexity index is 1420. The van der Waals surface area contributed by atoms with Gasteiger partial charge in [0.05, 0.1) is 56.3 Å². The first-order valence-corrected chi connectivity index (χ1v) is 20.7. The van der Waals surface area contributed by atoms with Crippen molar-refractivity contribution in [1.82, 2.24) is 16.0 Å². The molecule has 0 bridgehead atoms. The van der Waals surface area contributed by atoms with Crippen molar-refractivity contribution in [1.29, 1.82) is 0 Å². The number of hydrogen-bond acceptors (Lipinski definition) is 22. The number of carbonyl (C=O) groups is 3. The summed E-state index contributed by atoms with van der Waals surface area (Å²) in [6.07, 6.45) is -24.4. The average Bonchev–Trinajstić information content (AvgIpc) is 3.24. The van der Waals surface area contributed by atoms with Crippen molar-refractivity contribution in [3.8, 4) is 0 Å². The smallest absolute Gasteiger partial charge is 0.364 e. The number of rotatable bonds is 26. The highest BCUT2D eigenvalue weighted by Crippen LogP contribution is 2.40. The summed E-state index contributed by atoms with van der Waals surface area (Å²) in [6.45, 7) is 2.35. The Balaban J connectivity index is 2.07. The monoisotopic (exact) mass is 905 g/mol. The number of methoxy groups -OCH3 is 1. The van der Waals surface area contributed by atoms with Crippen LogP contribution in [0.4, 0.5) is 0 Å². The van der Waals surface area contributed by atoms with Gasteiger partial charge in [-0.25, -0.2) is 14.4 Å². The van der Waals surface area contributed by atoms with E-state index in [1.165, 1.54) is 0 Å². The molecule has 0 aromatic heterocycles. The second kappa shape index (κ2) is 23.7. The van der Waals surface area contributed by atoms with Crippen molar-refractivity contribution in [2.24, 2.45) is 0 Å². The second-order valence-electron chi connectivity index (χ2n) is 15.8. The van der Waals surface area contributed by atoms with E-state index in [0.717, 1.165) is 7.11 Å². The van der Waals surface area contributed by atoms with Gasteiger partial charge in [0.2, 0.25) is 0 Å². The number of ether oxygens (including phenoxy) is 6. The summed E-state index contributed by atoms with van der Waals surface area (Å²) < 4.78 is 34.0. The normalized spacial score (nSPS) is 37.2. The topological polar surface area (TPSA) is 406 Å². The number of hydrogen-bond donors (Lipinski definition) is 16. The van der Waals surface area contributed by atoms with Crippen LogP contribution in [0.1, 0.15) is 59.3 Å². The standard InChI is InChI=1S/C37H67N3O22/c1-5-8-38-23-18(45)12-36(33(53)54,61-29(23)26(48)20(47)14-41)58-22(16-43)28(50)31-25(40-10-7-3)19(46)13-37(62-31,34(55)56)59-21(15-42)27(49)30-24(39-9-6-2)17(44)11-35(57-4,60-30)32(51)52/h17-31,38-50H,5-16H2,1-4H3,(H,51,52)(H,53,54)(H,55,56)/t17-,18-,19-,20+,21+,22+,23+,24+,25+,26+,27+,28+,29+,30+,31+,35+,36+,37+/m0/s1. The molecule has 25 heteroatoms. The maximum Gasteiger partial charge on any atom is 0.364 e. The van der Waals surface area contributed by atoms with Crippen LogP contribution in [-0.2, 0) is 42.8 Å². The minimum Gasteiger partial charge on any atom is -0.477 e. The zero-order valence-electron chi connectivity index (χ0n) is 35.1. The van der Waals surface area contributed by atoms with Gasteiger partial charge < -0.3 is 111 Å². The van der Waals surface area contributed by atoms with Crippen molar-refractivity contribution >= 4 is 17.9 Å². The summed E-state index contributed by atoms with van der Waals surface area (Å²) in [5.74, 6) is -14.2. The molecule has 3 heterocycles. The average molecular weight is 906 g/mol. The number of aliphatic hydroxyl groups is 10. The molecule has 3 aliphatic heterocycles. The first kappa shape index (κ1) is 54.0. The maximum atomic E-state index is 13.2. The van der Waals surface area contributed by atoms with Gasteiger partial charge in [-0.3, -0.25) is 0 Å². The van der Waals surface area contributed by atoms with Gasteiger partial charge in [-0.15, -0.1) is 0 Å². The van der Waals surface area contributed by atoms with Crippen molar-refractivity contribution in [3.63, 3.8) is 0 Å². The van der Waals surface area contributed by atoms with Gasteiger partial charge >= 0.3 is 17.9 Å². The highest BCUT2D eigenvalue weighted by Gasteiger charge is 2.61. The summed E-state index contributed by atoms with van der Waals surface area (Å²) in [5, 5.41) is 149. The Kier molecular flexibility index (Phi) is 20.7. The van der Waals surface area contributed by atoms with Gasteiger partial charge in [0.1, 0.15) is 54.9 Å². The largest absolute Gasteiger partial charge is 0.477 e. The Morgan fingerprint density at radius 3 is 1.15 bits per heavy atom. The minimum atomic E-state index is -3.09. The first-order chi connectivity index (χ1) is 29.2. The highest BCUT2D eigenvalue weighted by molar-refractivity contribution is 5.77. The number of carboxylic acid groups (broad SMARTS) is 3. The van der Waals surface area contributed by atoms with Crippen LogP contribution >= 0.6 is 0 Å². The van der Waals surface area contributed by atoms with Crippen LogP contribution in [0.3, 0.4) is 0 Å². The van der Waals surface area contributed by atoms with Gasteiger partial charge in [0, 0.05) is 26.4 Å². The minimum absolute atomic E-state index is 0.115. The second-order valence-corrected chi connectivity index (χ2v) is 15.8. The van der Waals surface area contributed by atoms with Crippen LogP contribution in [0.5, 0.6) is 0 Å². The third-order valence-corrected chi connectivity index (χ3v) is 11.3. The lowest BCUT2D eigenvalue weighted by molar-refractivity contribution is -0.357. The lowest BCUT2D eigenvalue weighted by Gasteiger charge is -2.51. The molecule has 3 saturated heterocycles. The molecule has 16 N–H and O–H groups in total. The molecule has 3 aliphatic rings. The fourth-order valence-corrected chi connectivity index (χ4v) is 7.98. The Morgan fingerprint density at radius 2 is 0.871 bits per heavy atom. The van der Waals surface area contributed by atoms with Crippen LogP contribution in [-0.4, -0.2) is 240 Å². The maximum absolute atomic E-state index is 13.2. The molecule has 3 fully saturated rings. The van der Waals surface area contributed by atoms with E-state index >= 15 is 0 Å². The van der Waals surface area contributed by atoms with E-state index in [1.54, 1.807) is 20.8 Å². The molecule has 0 amide bonds. The summed E-state index contributed by atoms with van der Waals surface area (Å²) >= 11 is 0. The molecule has 3 rings (SSSR count). The molecule has 0 aliphatic carbocycles. The van der Waals surface area contributed by atoms with Crippen LogP contribution in [0.15, 0.2) is 0 Å². The molecule has 25 nitrogen and oxygen atoms in total. The van der Waals surface area contributed by atoms with E-state index in [9.17, 15) is 80.8 Å². The molecule has 0 radical (unpaired) electrons. The summed E-state index contributed by atoms with van der Waals surface area (Å²) in [5.41, 5.74) is 0. The molecule has 0 aromatic rings. The quantitative estimate of drug-likeness (QED) is 0.0384. The van der Waals surface area contributed by atoms with Crippen LogP contribution < -0.4 is 16.0 Å². The van der Waals surface area contributed by atoms with Gasteiger partial charge in [0.25, 0.3) is 17.4 Å². The third-order valence-electron chi connectivity index (χ3n) is 11.3. The van der Waals surface area contributed by atoms with Crippen molar-refractivity contribution in [3.05, 3.63) is 0 Å². The number of carboxylic acids is 3. The van der Waals surface area contributed by atoms with Gasteiger partial charge in [-0.1, -0.05) is 20.8 Å². The van der Waals surface area contributed by atoms with Crippen molar-refractivity contribution in [2.75, 3.05) is 46.6 Å². The molecule has 0 spiro atoms. The number of aliphatic hydroxyl groups excluding tert-OH is 10. The molecule has 362 valence electrons. The van der Waals surface area contributed by atoms with Crippen LogP contribution in [0, 0.1) is 0 Å². The highest BCUT2D eigenvalue weighted by atomic mass is 16.8. The number of nitrogens with one attached hydrogen (secondary N) is 3. The summed E-state index contributed by atoms with van der Waals surface area (Å²) in [6, 6.07) is -3.91. The van der Waals surface area contributed by atoms with E-state index in [1.807, 2.05) is 0 Å². The first-order valence-electron chi connectivity index (χ1n) is 20.7. The summed E-state index contributed by atoms with van der Waals surface area (Å²) in [4.78, 5) is 38.4. The predicted molar refractivity (Wildman–Crippen MR) is 206 cm³/mol. The van der Waals surface area contributed by atoms with Crippen LogP contribution in [0.25, 0.3) is 0 Å². The van der Waals surface area contributed by atoms with Gasteiger partial charge in [-0.05, 0) is 38.9 Å². The van der Waals surface area contributed by atoms with E-state index < -0.39 is 166 Å². The lowest BCUT2D eigenvalue weighted by atomic mass is 9.86. The Hall–Kier alpha value is -2.35. The number of aliphatic carboxylic acids is 3. The van der Waals surface area contributed by atoms with Crippen molar-refractivity contribution < 1.29 is 109 Å². The van der Waals surface area contributed by atoms with E-state index in [0.29, 0.717) is 19.3 Å². The Morgan fingerprint density at radius 1 is 0.565 bits per heavy atom. The zero-order valence-corrected chi connectivity index (χ0v) is 35.1. The third kappa shape index (κ3) is 11.9. The molecule has 0 saturated carbocycles. The fraction of sp³-hybridized carbons (Fsp3) is 0.919. The van der Waals surface area contributed by atoms with Crippen molar-refractivity contribution in [2.45, 2.75) is 168 Å². The molecular formula is C37H67N3O22. The Labute approximate surface area is 357 Å². The SMILES string of the molecule is CCCN[C@H]1[C@H]([C@H](O)[C@H](O)CO)O[C@@](O[C@H](CO)[C@@H](O)[C@@H]2O[C@@](O[C@H](CO)[C@@H](O)[C@@H]3O[C@@](OC)(C(=O)O)C[C@H](O)[C@H]3NCCC)(C(=O)O)C[C@H](O)[C@H]2NCCC)(C(=O)O)C[C@@H]1O. The summed E-state index contributed by atoms with van der Waals surface area (Å²) in [7, 11) is 0.977. The van der Waals surface area contributed by atoms with E-state index in [2.05, 4.69) is 16.0 Å². The fourth-order valence-electron chi connectivity index (χ4n) is 7.98. The van der Waals surface area contributed by atoms with Gasteiger partial charge in [0.15, 0.2) is 0 Å². The van der Waals surface area contributed by atoms with E-state index in [4.69, 9.17) is 28.4 Å². The molecule has 0 aromatic carbocycles. The van der Waals surface area contributed by atoms with E-state index in [-0.39, 0.29) is 19.6 Å².